The van der Waals surface area contributed by atoms with Gasteiger partial charge in [0.25, 0.3) is 5.91 Å². The summed E-state index contributed by atoms with van der Waals surface area (Å²) < 4.78 is 2.07. The maximum Gasteiger partial charge on any atom is 0.271 e. The summed E-state index contributed by atoms with van der Waals surface area (Å²) >= 11 is 7.83. The molecule has 3 aliphatic heterocycles. The number of aliphatic imine (C=N–C) groups is 1. The van der Waals surface area contributed by atoms with Crippen LogP contribution in [0.15, 0.2) is 59.7 Å². The summed E-state index contributed by atoms with van der Waals surface area (Å²) in [6.07, 6.45) is 7.90. The number of fused-ring (bicyclic) bond motifs is 3. The van der Waals surface area contributed by atoms with E-state index in [0.29, 0.717) is 29.2 Å². The number of amides is 1. The van der Waals surface area contributed by atoms with Gasteiger partial charge in [0.15, 0.2) is 17.3 Å². The first-order valence-electron chi connectivity index (χ1n) is 22.2. The van der Waals surface area contributed by atoms with Crippen LogP contribution >= 0.6 is 22.9 Å². The number of rotatable bonds is 10. The smallest absolute Gasteiger partial charge is 0.271 e. The van der Waals surface area contributed by atoms with Crippen LogP contribution < -0.4 is 16.0 Å². The Morgan fingerprint density at radius 2 is 1.56 bits per heavy atom. The van der Waals surface area contributed by atoms with Crippen LogP contribution in [0.25, 0.3) is 5.00 Å². The van der Waals surface area contributed by atoms with Crippen molar-refractivity contribution in [2.45, 2.75) is 119 Å². The lowest BCUT2D eigenvalue weighted by molar-refractivity contribution is -0.122. The van der Waals surface area contributed by atoms with Crippen molar-refractivity contribution < 1.29 is 9.59 Å². The van der Waals surface area contributed by atoms with Gasteiger partial charge in [-0.25, -0.2) is 9.97 Å². The molecule has 62 heavy (non-hydrogen) atoms. The minimum Gasteiger partial charge on any atom is -0.364 e. The van der Waals surface area contributed by atoms with Gasteiger partial charge in [0.2, 0.25) is 0 Å². The largest absolute Gasteiger partial charge is 0.364 e. The number of thiophene rings is 1. The van der Waals surface area contributed by atoms with Crippen LogP contribution in [-0.4, -0.2) is 79.3 Å². The molecule has 330 valence electrons. The number of primary amides is 1. The van der Waals surface area contributed by atoms with Crippen molar-refractivity contribution in [2.24, 2.45) is 16.6 Å². The van der Waals surface area contributed by atoms with E-state index in [0.717, 1.165) is 84.0 Å². The minimum absolute atomic E-state index is 0.0528. The van der Waals surface area contributed by atoms with E-state index in [4.69, 9.17) is 27.3 Å². The van der Waals surface area contributed by atoms with Gasteiger partial charge in [-0.05, 0) is 121 Å². The zero-order chi connectivity index (χ0) is 44.7. The molecule has 3 aromatic heterocycles. The van der Waals surface area contributed by atoms with Gasteiger partial charge in [0.05, 0.1) is 11.9 Å². The molecule has 0 spiro atoms. The van der Waals surface area contributed by atoms with Gasteiger partial charge in [-0.15, -0.1) is 21.5 Å². The number of nitrogens with two attached hydrogens (primary N) is 1. The van der Waals surface area contributed by atoms with Crippen molar-refractivity contribution >= 4 is 57.7 Å². The lowest BCUT2D eigenvalue weighted by Gasteiger charge is -2.34. The number of carbonyl (C=O) groups is 2. The monoisotopic (exact) mass is 878 g/mol. The van der Waals surface area contributed by atoms with Crippen molar-refractivity contribution in [3.05, 3.63) is 104 Å². The summed E-state index contributed by atoms with van der Waals surface area (Å²) in [6, 6.07) is 16.4. The number of nitrogens with zero attached hydrogens (tertiary/aromatic N) is 8. The molecule has 12 nitrogen and oxygen atoms in total. The molecular formula is C48H63ClN10O2S. The fraction of sp³-hybridized carbons (Fsp3) is 0.479. The second-order valence-electron chi connectivity index (χ2n) is 16.7. The Bertz CT molecular complexity index is 2340. The van der Waals surface area contributed by atoms with Gasteiger partial charge in [0, 0.05) is 58.2 Å². The molecule has 1 amide bonds. The SMILES string of the molecule is CC.CC(C)N1CCC(c2ccc(Nc3nc(N4CCCCC4)cnc3C(N)=O)cc2)CC1.Cc1sc2c(c1C)C(c1ccc(Cl)cc1)=N[C@@H](CC(=O)C(C)C)c1nnc(C)n1-2. The minimum atomic E-state index is -0.575. The highest BCUT2D eigenvalue weighted by Crippen LogP contribution is 2.40. The fourth-order valence-electron chi connectivity index (χ4n) is 8.21. The van der Waals surface area contributed by atoms with E-state index in [2.05, 4.69) is 86.8 Å². The molecule has 5 aromatic rings. The molecule has 0 aliphatic carbocycles. The van der Waals surface area contributed by atoms with E-state index >= 15 is 0 Å². The molecule has 0 saturated carbocycles. The van der Waals surface area contributed by atoms with Gasteiger partial charge in [0.1, 0.15) is 28.5 Å². The van der Waals surface area contributed by atoms with Crippen LogP contribution in [0.2, 0.25) is 5.02 Å². The molecule has 0 radical (unpaired) electrons. The number of hydrogen-bond acceptors (Lipinski definition) is 11. The third-order valence-electron chi connectivity index (χ3n) is 12.0. The molecule has 2 fully saturated rings. The van der Waals surface area contributed by atoms with E-state index in [1.165, 1.54) is 35.3 Å². The van der Waals surface area contributed by atoms with Crippen molar-refractivity contribution in [2.75, 3.05) is 36.4 Å². The van der Waals surface area contributed by atoms with E-state index in [1.54, 1.807) is 17.5 Å². The molecule has 6 heterocycles. The fourth-order valence-corrected chi connectivity index (χ4v) is 9.55. The Kier molecular flexibility index (Phi) is 15.7. The first-order chi connectivity index (χ1) is 29.8. The lowest BCUT2D eigenvalue weighted by atomic mass is 9.89. The van der Waals surface area contributed by atoms with Crippen molar-refractivity contribution in [3.63, 3.8) is 0 Å². The summed E-state index contributed by atoms with van der Waals surface area (Å²) in [5.41, 5.74) is 12.1. The predicted molar refractivity (Wildman–Crippen MR) is 254 cm³/mol. The van der Waals surface area contributed by atoms with Crippen LogP contribution in [0.5, 0.6) is 0 Å². The van der Waals surface area contributed by atoms with Gasteiger partial charge >= 0.3 is 0 Å². The first kappa shape index (κ1) is 46.5. The van der Waals surface area contributed by atoms with Gasteiger partial charge in [-0.2, -0.15) is 0 Å². The van der Waals surface area contributed by atoms with Crippen LogP contribution in [0.3, 0.4) is 0 Å². The van der Waals surface area contributed by atoms with Crippen LogP contribution in [-0.2, 0) is 4.79 Å². The summed E-state index contributed by atoms with van der Waals surface area (Å²) in [5.74, 6) is 2.89. The molecule has 8 rings (SSSR count). The van der Waals surface area contributed by atoms with Gasteiger partial charge < -0.3 is 20.9 Å². The summed E-state index contributed by atoms with van der Waals surface area (Å²) in [6.45, 7) is 22.8. The summed E-state index contributed by atoms with van der Waals surface area (Å²) in [7, 11) is 0. The van der Waals surface area contributed by atoms with Crippen LogP contribution in [0.4, 0.5) is 17.3 Å². The number of hydrogen-bond donors (Lipinski definition) is 2. The number of aryl methyl sites for hydroxylation is 2. The molecule has 2 saturated heterocycles. The second kappa shape index (κ2) is 20.9. The number of halogens is 1. The molecule has 3 aliphatic rings. The second-order valence-corrected chi connectivity index (χ2v) is 18.4. The molecule has 3 N–H and O–H groups in total. The average molecular weight is 880 g/mol. The molecule has 1 atom stereocenters. The van der Waals surface area contributed by atoms with Crippen LogP contribution in [0, 0.1) is 26.7 Å². The maximum atomic E-state index is 12.6. The maximum absolute atomic E-state index is 12.6. The standard InChI is InChI=1S/C24H34N6O.C22H23ClN4OS.C2H6/c1-17(2)29-14-10-19(11-15-29)18-6-8-20(9-7-18)27-24-22(23(25)31)26-16-21(28-24)30-12-4-3-5-13-30;1-11(2)18(28)10-17-21-26-25-14(5)27(21)22-19(12(3)13(4)29-22)20(24-17)15-6-8-16(23)9-7-15;1-2/h6-9,16-17,19H,3-5,10-15H2,1-2H3,(H2,25,31)(H,27,28);6-9,11,17H,10H2,1-5H3;1-2H3/t;17-;/m.0./s1. The number of piperidine rings is 2. The van der Waals surface area contributed by atoms with E-state index in [1.807, 2.05) is 58.9 Å². The molecular weight excluding hydrogens is 816 g/mol. The number of ketones is 1. The Labute approximate surface area is 376 Å². The molecule has 14 heteroatoms. The van der Waals surface area contributed by atoms with E-state index < -0.39 is 5.91 Å². The lowest BCUT2D eigenvalue weighted by Crippen LogP contribution is -2.37. The topological polar surface area (TPSA) is 148 Å². The number of carbonyl (C=O) groups excluding carboxylic acids is 2. The zero-order valence-corrected chi connectivity index (χ0v) is 39.4. The van der Waals surface area contributed by atoms with Crippen molar-refractivity contribution in [3.8, 4) is 5.00 Å². The predicted octanol–water partition coefficient (Wildman–Crippen LogP) is 10.3. The quantitative estimate of drug-likeness (QED) is 0.140. The third kappa shape index (κ3) is 10.6. The number of Topliss-reactive ketones (excluding diaryl/α,β-unsaturated/α-hetero) is 1. The van der Waals surface area contributed by atoms with E-state index in [-0.39, 0.29) is 23.4 Å². The number of aromatic nitrogens is 5. The number of nitrogens with one attached hydrogen (secondary N) is 1. The molecule has 0 bridgehead atoms. The number of benzene rings is 2. The zero-order valence-electron chi connectivity index (χ0n) is 37.8. The Balaban J connectivity index is 0.000000199. The highest BCUT2D eigenvalue weighted by molar-refractivity contribution is 7.15. The Morgan fingerprint density at radius 1 is 0.903 bits per heavy atom. The molecule has 2 aromatic carbocycles. The Morgan fingerprint density at radius 3 is 2.18 bits per heavy atom. The molecule has 0 unspecified atom stereocenters. The summed E-state index contributed by atoms with van der Waals surface area (Å²) in [5, 5.41) is 13.8. The highest BCUT2D eigenvalue weighted by atomic mass is 35.5. The average Bonchev–Trinajstić information content (AvgIpc) is 3.76. The van der Waals surface area contributed by atoms with Gasteiger partial charge in [-0.3, -0.25) is 19.1 Å². The number of anilines is 3. The Hall–Kier alpha value is -4.98. The van der Waals surface area contributed by atoms with Gasteiger partial charge in [-0.1, -0.05) is 63.6 Å². The van der Waals surface area contributed by atoms with E-state index in [9.17, 15) is 9.59 Å². The first-order valence-corrected chi connectivity index (χ1v) is 23.4. The van der Waals surface area contributed by atoms with Crippen molar-refractivity contribution in [1.82, 2.24) is 29.6 Å². The van der Waals surface area contributed by atoms with Crippen molar-refractivity contribution in [1.29, 1.82) is 0 Å². The van der Waals surface area contributed by atoms with Crippen LogP contribution in [0.1, 0.15) is 141 Å². The normalized spacial score (nSPS) is 16.6. The highest BCUT2D eigenvalue weighted by Gasteiger charge is 2.33. The third-order valence-corrected chi connectivity index (χ3v) is 13.4. The summed E-state index contributed by atoms with van der Waals surface area (Å²) in [4.78, 5) is 44.6. The number of likely N-dealkylation sites (tertiary alicyclic amines) is 1.